The van der Waals surface area contributed by atoms with Gasteiger partial charge in [0, 0.05) is 16.0 Å². The van der Waals surface area contributed by atoms with Crippen molar-refractivity contribution in [2.75, 3.05) is 11.1 Å². The van der Waals surface area contributed by atoms with Crippen LogP contribution in [0, 0.1) is 0 Å². The van der Waals surface area contributed by atoms with E-state index in [-0.39, 0.29) is 5.91 Å². The third-order valence-corrected chi connectivity index (χ3v) is 4.21. The minimum Gasteiger partial charge on any atom is -0.398 e. The SMILES string of the molecule is Nc1cc(C(=O)Nc2ccc3sccc3c2)ccc1Cl. The average molecular weight is 303 g/mol. The Kier molecular flexibility index (Phi) is 3.34. The van der Waals surface area contributed by atoms with Crippen LogP contribution in [0.5, 0.6) is 0 Å². The molecule has 3 rings (SSSR count). The molecule has 0 aliphatic carbocycles. The monoisotopic (exact) mass is 302 g/mol. The lowest BCUT2D eigenvalue weighted by Gasteiger charge is -2.07. The van der Waals surface area contributed by atoms with E-state index in [1.807, 2.05) is 29.6 Å². The lowest BCUT2D eigenvalue weighted by atomic mass is 10.1. The van der Waals surface area contributed by atoms with E-state index in [4.69, 9.17) is 17.3 Å². The van der Waals surface area contributed by atoms with Gasteiger partial charge in [0.2, 0.25) is 0 Å². The van der Waals surface area contributed by atoms with Crippen molar-refractivity contribution in [3.63, 3.8) is 0 Å². The molecule has 3 aromatic rings. The highest BCUT2D eigenvalue weighted by atomic mass is 35.5. The molecule has 5 heteroatoms. The van der Waals surface area contributed by atoms with Crippen molar-refractivity contribution in [2.24, 2.45) is 0 Å². The molecule has 0 spiro atoms. The first-order valence-electron chi connectivity index (χ1n) is 5.97. The van der Waals surface area contributed by atoms with E-state index >= 15 is 0 Å². The summed E-state index contributed by atoms with van der Waals surface area (Å²) in [7, 11) is 0. The summed E-state index contributed by atoms with van der Waals surface area (Å²) in [6, 6.07) is 12.7. The van der Waals surface area contributed by atoms with Crippen molar-refractivity contribution in [3.05, 3.63) is 58.4 Å². The number of carbonyl (C=O) groups excluding carboxylic acids is 1. The zero-order valence-electron chi connectivity index (χ0n) is 10.4. The molecule has 3 N–H and O–H groups in total. The van der Waals surface area contributed by atoms with Crippen LogP contribution in [0.3, 0.4) is 0 Å². The molecule has 1 amide bonds. The lowest BCUT2D eigenvalue weighted by molar-refractivity contribution is 0.102. The molecule has 0 saturated carbocycles. The molecular weight excluding hydrogens is 292 g/mol. The van der Waals surface area contributed by atoms with E-state index < -0.39 is 0 Å². The van der Waals surface area contributed by atoms with E-state index in [1.165, 1.54) is 4.70 Å². The summed E-state index contributed by atoms with van der Waals surface area (Å²) >= 11 is 7.51. The largest absolute Gasteiger partial charge is 0.398 e. The van der Waals surface area contributed by atoms with Gasteiger partial charge in [0.05, 0.1) is 10.7 Å². The van der Waals surface area contributed by atoms with Crippen molar-refractivity contribution in [1.82, 2.24) is 0 Å². The van der Waals surface area contributed by atoms with E-state index in [1.54, 1.807) is 29.5 Å². The van der Waals surface area contributed by atoms with E-state index in [0.29, 0.717) is 16.3 Å². The van der Waals surface area contributed by atoms with Crippen LogP contribution in [0.2, 0.25) is 5.02 Å². The molecule has 0 radical (unpaired) electrons. The molecule has 0 bridgehead atoms. The topological polar surface area (TPSA) is 55.1 Å². The van der Waals surface area contributed by atoms with Gasteiger partial charge < -0.3 is 11.1 Å². The number of thiophene rings is 1. The Morgan fingerprint density at radius 3 is 2.80 bits per heavy atom. The molecule has 100 valence electrons. The Morgan fingerprint density at radius 2 is 2.00 bits per heavy atom. The van der Waals surface area contributed by atoms with Crippen molar-refractivity contribution in [1.29, 1.82) is 0 Å². The Bertz CT molecular complexity index is 797. The van der Waals surface area contributed by atoms with Crippen molar-refractivity contribution in [2.45, 2.75) is 0 Å². The highest BCUT2D eigenvalue weighted by Gasteiger charge is 2.08. The molecule has 1 aromatic heterocycles. The second kappa shape index (κ2) is 5.15. The number of benzene rings is 2. The fourth-order valence-corrected chi connectivity index (χ4v) is 2.82. The minimum absolute atomic E-state index is 0.206. The number of nitrogen functional groups attached to an aromatic ring is 1. The summed E-state index contributed by atoms with van der Waals surface area (Å²) in [5.74, 6) is -0.206. The number of rotatable bonds is 2. The van der Waals surface area contributed by atoms with Crippen LogP contribution in [-0.2, 0) is 0 Å². The summed E-state index contributed by atoms with van der Waals surface area (Å²) in [5, 5.41) is 6.44. The second-order valence-corrected chi connectivity index (χ2v) is 5.72. The van der Waals surface area contributed by atoms with Crippen LogP contribution in [-0.4, -0.2) is 5.91 Å². The Hall–Kier alpha value is -2.04. The third-order valence-electron chi connectivity index (χ3n) is 2.97. The minimum atomic E-state index is -0.206. The summed E-state index contributed by atoms with van der Waals surface area (Å²) in [6.07, 6.45) is 0. The molecule has 0 atom stereocenters. The van der Waals surface area contributed by atoms with Gasteiger partial charge in [-0.15, -0.1) is 11.3 Å². The van der Waals surface area contributed by atoms with E-state index in [9.17, 15) is 4.79 Å². The summed E-state index contributed by atoms with van der Waals surface area (Å²) in [4.78, 5) is 12.1. The van der Waals surface area contributed by atoms with Gasteiger partial charge >= 0.3 is 0 Å². The predicted molar refractivity (Wildman–Crippen MR) is 85.6 cm³/mol. The van der Waals surface area contributed by atoms with E-state index in [2.05, 4.69) is 5.32 Å². The molecule has 0 aliphatic heterocycles. The maximum atomic E-state index is 12.1. The molecule has 20 heavy (non-hydrogen) atoms. The maximum absolute atomic E-state index is 12.1. The number of carbonyl (C=O) groups is 1. The zero-order valence-corrected chi connectivity index (χ0v) is 12.0. The normalized spacial score (nSPS) is 10.7. The number of anilines is 2. The number of hydrogen-bond donors (Lipinski definition) is 2. The Balaban J connectivity index is 1.85. The number of nitrogens with two attached hydrogens (primary N) is 1. The number of halogens is 1. The van der Waals surface area contributed by atoms with Crippen LogP contribution in [0.4, 0.5) is 11.4 Å². The Labute approximate surface area is 125 Å². The molecule has 3 nitrogen and oxygen atoms in total. The van der Waals surface area contributed by atoms with Crippen molar-refractivity contribution >= 4 is 50.3 Å². The maximum Gasteiger partial charge on any atom is 0.255 e. The molecular formula is C15H11ClN2OS. The molecule has 0 aliphatic rings. The van der Waals surface area contributed by atoms with Crippen LogP contribution >= 0.6 is 22.9 Å². The highest BCUT2D eigenvalue weighted by Crippen LogP contribution is 2.25. The van der Waals surface area contributed by atoms with Gasteiger partial charge in [-0.25, -0.2) is 0 Å². The fourth-order valence-electron chi connectivity index (χ4n) is 1.93. The summed E-state index contributed by atoms with van der Waals surface area (Å²) in [5.41, 5.74) is 7.34. The first-order valence-corrected chi connectivity index (χ1v) is 7.23. The van der Waals surface area contributed by atoms with Crippen molar-refractivity contribution < 1.29 is 4.79 Å². The zero-order chi connectivity index (χ0) is 14.1. The van der Waals surface area contributed by atoms with Gasteiger partial charge in [-0.2, -0.15) is 0 Å². The van der Waals surface area contributed by atoms with Gasteiger partial charge in [-0.05, 0) is 53.2 Å². The first kappa shape index (κ1) is 13.0. The van der Waals surface area contributed by atoms with Crippen LogP contribution in [0.25, 0.3) is 10.1 Å². The summed E-state index contributed by atoms with van der Waals surface area (Å²) in [6.45, 7) is 0. The van der Waals surface area contributed by atoms with E-state index in [0.717, 1.165) is 11.1 Å². The quantitative estimate of drug-likeness (QED) is 0.690. The van der Waals surface area contributed by atoms with Gasteiger partial charge in [0.25, 0.3) is 5.91 Å². The van der Waals surface area contributed by atoms with Gasteiger partial charge in [-0.1, -0.05) is 11.6 Å². The smallest absolute Gasteiger partial charge is 0.255 e. The number of fused-ring (bicyclic) bond motifs is 1. The standard InChI is InChI=1S/C15H11ClN2OS/c16-12-3-1-10(8-13(12)17)15(19)18-11-2-4-14-9(7-11)5-6-20-14/h1-8H,17H2,(H,18,19). The number of nitrogens with one attached hydrogen (secondary N) is 1. The molecule has 1 heterocycles. The van der Waals surface area contributed by atoms with Crippen LogP contribution in [0.1, 0.15) is 10.4 Å². The second-order valence-electron chi connectivity index (χ2n) is 4.36. The van der Waals surface area contributed by atoms with Gasteiger partial charge in [0.15, 0.2) is 0 Å². The average Bonchev–Trinajstić information content (AvgIpc) is 2.89. The van der Waals surface area contributed by atoms with Crippen LogP contribution in [0.15, 0.2) is 47.8 Å². The number of amides is 1. The molecule has 2 aromatic carbocycles. The predicted octanol–water partition coefficient (Wildman–Crippen LogP) is 4.39. The van der Waals surface area contributed by atoms with Gasteiger partial charge in [0.1, 0.15) is 0 Å². The molecule has 0 fully saturated rings. The number of hydrogen-bond acceptors (Lipinski definition) is 3. The highest BCUT2D eigenvalue weighted by molar-refractivity contribution is 7.17. The summed E-state index contributed by atoms with van der Waals surface area (Å²) < 4.78 is 1.19. The lowest BCUT2D eigenvalue weighted by Crippen LogP contribution is -2.12. The van der Waals surface area contributed by atoms with Crippen molar-refractivity contribution in [3.8, 4) is 0 Å². The Morgan fingerprint density at radius 1 is 1.15 bits per heavy atom. The first-order chi connectivity index (χ1) is 9.63. The molecule has 0 unspecified atom stereocenters. The molecule has 0 saturated heterocycles. The third kappa shape index (κ3) is 2.48. The fraction of sp³-hybridized carbons (Fsp3) is 0. The van der Waals surface area contributed by atoms with Crippen LogP contribution < -0.4 is 11.1 Å². The van der Waals surface area contributed by atoms with Gasteiger partial charge in [-0.3, -0.25) is 4.79 Å².